The van der Waals surface area contributed by atoms with Crippen LogP contribution in [0.3, 0.4) is 0 Å². The Balaban J connectivity index is 3.03. The van der Waals surface area contributed by atoms with Gasteiger partial charge in [-0.3, -0.25) is 0 Å². The Morgan fingerprint density at radius 2 is 2.00 bits per heavy atom. The van der Waals surface area contributed by atoms with Crippen LogP contribution in [0.25, 0.3) is 0 Å². The summed E-state index contributed by atoms with van der Waals surface area (Å²) in [7, 11) is 0. The van der Waals surface area contributed by atoms with E-state index in [-0.39, 0.29) is 5.97 Å². The quantitative estimate of drug-likeness (QED) is 0.709. The second-order valence-electron chi connectivity index (χ2n) is 4.53. The second-order valence-corrected chi connectivity index (χ2v) is 4.53. The highest BCUT2D eigenvalue weighted by atomic mass is 16.6. The van der Waals surface area contributed by atoms with Crippen LogP contribution in [0, 0.1) is 0 Å². The lowest BCUT2D eigenvalue weighted by Crippen LogP contribution is -2.30. The van der Waals surface area contributed by atoms with Crippen molar-refractivity contribution in [2.24, 2.45) is 5.73 Å². The van der Waals surface area contributed by atoms with Crippen molar-refractivity contribution in [2.75, 3.05) is 13.2 Å². The molecule has 0 aliphatic heterocycles. The molecule has 0 saturated heterocycles. The van der Waals surface area contributed by atoms with Crippen molar-refractivity contribution in [3.63, 3.8) is 0 Å². The third-order valence-electron chi connectivity index (χ3n) is 2.94. The molecule has 0 heterocycles. The van der Waals surface area contributed by atoms with Crippen molar-refractivity contribution in [3.8, 4) is 11.5 Å². The number of carbonyl (C=O) groups excluding carboxylic acids is 1. The smallest absolute Gasteiger partial charge is 0.347 e. The molecule has 0 amide bonds. The standard InChI is InChI=1S/C16H25NO4/c1-4-8-14(16(18)20-6-3)21-15-12(11-17)9-7-10-13(15)19-5-2/h7,9-10,14H,4-6,8,11,17H2,1-3H3. The number of esters is 1. The van der Waals surface area contributed by atoms with Gasteiger partial charge in [-0.15, -0.1) is 0 Å². The van der Waals surface area contributed by atoms with Gasteiger partial charge in [-0.05, 0) is 26.3 Å². The maximum Gasteiger partial charge on any atom is 0.347 e. The number of carbonyl (C=O) groups is 1. The van der Waals surface area contributed by atoms with E-state index in [4.69, 9.17) is 19.9 Å². The minimum Gasteiger partial charge on any atom is -0.490 e. The maximum atomic E-state index is 12.0. The minimum atomic E-state index is -0.637. The molecule has 0 radical (unpaired) electrons. The maximum absolute atomic E-state index is 12.0. The van der Waals surface area contributed by atoms with Crippen LogP contribution in [0.5, 0.6) is 11.5 Å². The van der Waals surface area contributed by atoms with Crippen LogP contribution < -0.4 is 15.2 Å². The van der Waals surface area contributed by atoms with Gasteiger partial charge in [-0.25, -0.2) is 4.79 Å². The topological polar surface area (TPSA) is 70.8 Å². The average Bonchev–Trinajstić information content (AvgIpc) is 2.48. The van der Waals surface area contributed by atoms with E-state index in [1.807, 2.05) is 32.0 Å². The molecule has 5 heteroatoms. The first-order valence-corrected chi connectivity index (χ1v) is 7.45. The van der Waals surface area contributed by atoms with Crippen molar-refractivity contribution in [1.29, 1.82) is 0 Å². The Kier molecular flexibility index (Phi) is 7.61. The van der Waals surface area contributed by atoms with Gasteiger partial charge >= 0.3 is 5.97 Å². The lowest BCUT2D eigenvalue weighted by molar-refractivity contribution is -0.151. The highest BCUT2D eigenvalue weighted by molar-refractivity contribution is 5.75. The van der Waals surface area contributed by atoms with Crippen molar-refractivity contribution in [1.82, 2.24) is 0 Å². The van der Waals surface area contributed by atoms with E-state index < -0.39 is 6.10 Å². The molecule has 0 aromatic heterocycles. The molecule has 1 atom stereocenters. The Hall–Kier alpha value is -1.75. The Morgan fingerprint density at radius 1 is 1.24 bits per heavy atom. The summed E-state index contributed by atoms with van der Waals surface area (Å²) >= 11 is 0. The van der Waals surface area contributed by atoms with Crippen molar-refractivity contribution < 1.29 is 19.0 Å². The molecule has 2 N–H and O–H groups in total. The zero-order valence-corrected chi connectivity index (χ0v) is 13.1. The molecule has 0 spiro atoms. The lowest BCUT2D eigenvalue weighted by atomic mass is 10.1. The molecule has 0 fully saturated rings. The number of ether oxygens (including phenoxy) is 3. The first-order valence-electron chi connectivity index (χ1n) is 7.45. The summed E-state index contributed by atoms with van der Waals surface area (Å²) in [6.07, 6.45) is 0.767. The number of para-hydroxylation sites is 1. The van der Waals surface area contributed by atoms with Crippen LogP contribution in [-0.2, 0) is 16.1 Å². The van der Waals surface area contributed by atoms with Gasteiger partial charge in [-0.2, -0.15) is 0 Å². The Labute approximate surface area is 126 Å². The van der Waals surface area contributed by atoms with E-state index >= 15 is 0 Å². The molecule has 0 aliphatic rings. The SMILES string of the molecule is CCCC(Oc1c(CN)cccc1OCC)C(=O)OCC. The van der Waals surface area contributed by atoms with Crippen LogP contribution in [0.1, 0.15) is 39.2 Å². The van der Waals surface area contributed by atoms with Gasteiger partial charge in [0.05, 0.1) is 13.2 Å². The van der Waals surface area contributed by atoms with Gasteiger partial charge in [0.1, 0.15) is 0 Å². The third kappa shape index (κ3) is 4.93. The fourth-order valence-electron chi connectivity index (χ4n) is 1.99. The lowest BCUT2D eigenvalue weighted by Gasteiger charge is -2.21. The fraction of sp³-hybridized carbons (Fsp3) is 0.562. The number of hydrogen-bond donors (Lipinski definition) is 1. The van der Waals surface area contributed by atoms with Crippen molar-refractivity contribution in [2.45, 2.75) is 46.3 Å². The Bertz CT molecular complexity index is 448. The van der Waals surface area contributed by atoms with Crippen LogP contribution in [0.2, 0.25) is 0 Å². The number of benzene rings is 1. The normalized spacial score (nSPS) is 11.8. The molecule has 1 rings (SSSR count). The van der Waals surface area contributed by atoms with E-state index in [1.165, 1.54) is 0 Å². The summed E-state index contributed by atoms with van der Waals surface area (Å²) in [6, 6.07) is 5.54. The molecule has 5 nitrogen and oxygen atoms in total. The van der Waals surface area contributed by atoms with Crippen LogP contribution in [-0.4, -0.2) is 25.3 Å². The summed E-state index contributed by atoms with van der Waals surface area (Å²) in [4.78, 5) is 12.0. The molecule has 1 aromatic carbocycles. The highest BCUT2D eigenvalue weighted by Crippen LogP contribution is 2.32. The van der Waals surface area contributed by atoms with Crippen LogP contribution in [0.15, 0.2) is 18.2 Å². The first-order chi connectivity index (χ1) is 10.2. The summed E-state index contributed by atoms with van der Waals surface area (Å²) < 4.78 is 16.5. The second kappa shape index (κ2) is 9.23. The molecular weight excluding hydrogens is 270 g/mol. The van der Waals surface area contributed by atoms with Crippen LogP contribution >= 0.6 is 0 Å². The third-order valence-corrected chi connectivity index (χ3v) is 2.94. The highest BCUT2D eigenvalue weighted by Gasteiger charge is 2.23. The number of hydrogen-bond acceptors (Lipinski definition) is 5. The van der Waals surface area contributed by atoms with E-state index in [2.05, 4.69) is 0 Å². The number of nitrogens with two attached hydrogens (primary N) is 1. The first kappa shape index (κ1) is 17.3. The summed E-state index contributed by atoms with van der Waals surface area (Å²) in [6.45, 7) is 6.83. The summed E-state index contributed by atoms with van der Waals surface area (Å²) in [5.74, 6) is 0.785. The fourth-order valence-corrected chi connectivity index (χ4v) is 1.99. The average molecular weight is 295 g/mol. The van der Waals surface area contributed by atoms with Gasteiger partial charge < -0.3 is 19.9 Å². The van der Waals surface area contributed by atoms with Gasteiger partial charge in [0.2, 0.25) is 0 Å². The molecule has 1 aromatic rings. The van der Waals surface area contributed by atoms with Crippen LogP contribution in [0.4, 0.5) is 0 Å². The summed E-state index contributed by atoms with van der Waals surface area (Å²) in [5.41, 5.74) is 6.56. The van der Waals surface area contributed by atoms with Gasteiger partial charge in [0, 0.05) is 12.1 Å². The van der Waals surface area contributed by atoms with E-state index in [9.17, 15) is 4.79 Å². The molecule has 0 aliphatic carbocycles. The summed E-state index contributed by atoms with van der Waals surface area (Å²) in [5, 5.41) is 0. The predicted molar refractivity (Wildman–Crippen MR) is 81.5 cm³/mol. The zero-order chi connectivity index (χ0) is 15.7. The van der Waals surface area contributed by atoms with E-state index in [1.54, 1.807) is 6.92 Å². The largest absolute Gasteiger partial charge is 0.490 e. The minimum absolute atomic E-state index is 0.317. The molecule has 118 valence electrons. The molecule has 0 saturated carbocycles. The van der Waals surface area contributed by atoms with Crippen molar-refractivity contribution >= 4 is 5.97 Å². The van der Waals surface area contributed by atoms with E-state index in [0.29, 0.717) is 37.7 Å². The molecule has 21 heavy (non-hydrogen) atoms. The predicted octanol–water partition coefficient (Wildman–Crippen LogP) is 2.65. The van der Waals surface area contributed by atoms with Crippen molar-refractivity contribution in [3.05, 3.63) is 23.8 Å². The van der Waals surface area contributed by atoms with Gasteiger partial charge in [0.25, 0.3) is 0 Å². The van der Waals surface area contributed by atoms with Gasteiger partial charge in [-0.1, -0.05) is 25.5 Å². The molecular formula is C16H25NO4. The zero-order valence-electron chi connectivity index (χ0n) is 13.1. The monoisotopic (exact) mass is 295 g/mol. The Morgan fingerprint density at radius 3 is 2.57 bits per heavy atom. The molecule has 1 unspecified atom stereocenters. The number of rotatable bonds is 9. The van der Waals surface area contributed by atoms with Gasteiger partial charge in [0.15, 0.2) is 17.6 Å². The molecule has 0 bridgehead atoms. The van der Waals surface area contributed by atoms with E-state index in [0.717, 1.165) is 12.0 Å².